The van der Waals surface area contributed by atoms with Crippen LogP contribution in [0.5, 0.6) is 0 Å². The summed E-state index contributed by atoms with van der Waals surface area (Å²) in [5, 5.41) is 1.12. The molecule has 18 heavy (non-hydrogen) atoms. The summed E-state index contributed by atoms with van der Waals surface area (Å²) < 4.78 is 0. The third-order valence-electron chi connectivity index (χ3n) is 3.57. The topological polar surface area (TPSA) is 50.9 Å². The van der Waals surface area contributed by atoms with Crippen LogP contribution in [0, 0.1) is 13.8 Å². The Labute approximate surface area is 113 Å². The lowest BCUT2D eigenvalue weighted by Gasteiger charge is -2.21. The van der Waals surface area contributed by atoms with Crippen LogP contribution in [0.2, 0.25) is 0 Å². The van der Waals surface area contributed by atoms with Gasteiger partial charge in [0.25, 0.3) is 0 Å². The minimum absolute atomic E-state index is 0.161. The van der Waals surface area contributed by atoms with Gasteiger partial charge in [-0.25, -0.2) is 10.4 Å². The van der Waals surface area contributed by atoms with Crippen molar-refractivity contribution in [1.82, 2.24) is 10.4 Å². The van der Waals surface area contributed by atoms with Gasteiger partial charge in [-0.15, -0.1) is 11.3 Å². The van der Waals surface area contributed by atoms with Crippen molar-refractivity contribution in [2.75, 3.05) is 0 Å². The maximum Gasteiger partial charge on any atom is 0.0900 e. The van der Waals surface area contributed by atoms with Gasteiger partial charge in [-0.1, -0.05) is 24.5 Å². The summed E-state index contributed by atoms with van der Waals surface area (Å²) in [6.45, 7) is 4.13. The molecule has 0 aromatic carbocycles. The van der Waals surface area contributed by atoms with Crippen LogP contribution in [0.1, 0.15) is 60.1 Å². The van der Waals surface area contributed by atoms with E-state index < -0.39 is 0 Å². The summed E-state index contributed by atoms with van der Waals surface area (Å²) in [7, 11) is 0. The van der Waals surface area contributed by atoms with E-state index in [9.17, 15) is 0 Å². The van der Waals surface area contributed by atoms with Crippen molar-refractivity contribution in [2.45, 2.75) is 58.4 Å². The van der Waals surface area contributed by atoms with E-state index in [0.29, 0.717) is 0 Å². The standard InChI is InChI=1S/C14H23N3S/c1-10-14(18-11(2)16-10)13(17-15)12-8-6-4-3-5-7-9-12/h8,13,17H,3-7,9,15H2,1-2H3. The van der Waals surface area contributed by atoms with E-state index in [-0.39, 0.29) is 6.04 Å². The van der Waals surface area contributed by atoms with E-state index >= 15 is 0 Å². The Balaban J connectivity index is 2.23. The molecule has 0 radical (unpaired) electrons. The Kier molecular flexibility index (Phi) is 4.92. The summed E-state index contributed by atoms with van der Waals surface area (Å²) in [4.78, 5) is 5.79. The molecule has 0 spiro atoms. The molecule has 0 fully saturated rings. The van der Waals surface area contributed by atoms with Gasteiger partial charge in [-0.3, -0.25) is 5.84 Å². The Hall–Kier alpha value is -0.710. The number of nitrogens with zero attached hydrogens (tertiary/aromatic N) is 1. The smallest absolute Gasteiger partial charge is 0.0900 e. The first-order valence-corrected chi connectivity index (χ1v) is 7.63. The molecule has 1 aromatic rings. The highest BCUT2D eigenvalue weighted by Gasteiger charge is 2.20. The van der Waals surface area contributed by atoms with Crippen LogP contribution in [0.4, 0.5) is 0 Å². The molecule has 1 aliphatic carbocycles. The monoisotopic (exact) mass is 265 g/mol. The van der Waals surface area contributed by atoms with Crippen molar-refractivity contribution in [3.8, 4) is 0 Å². The van der Waals surface area contributed by atoms with Crippen molar-refractivity contribution < 1.29 is 0 Å². The first-order valence-electron chi connectivity index (χ1n) is 6.81. The highest BCUT2D eigenvalue weighted by molar-refractivity contribution is 7.11. The van der Waals surface area contributed by atoms with Crippen molar-refractivity contribution in [2.24, 2.45) is 5.84 Å². The summed E-state index contributed by atoms with van der Waals surface area (Å²) >= 11 is 1.76. The van der Waals surface area contributed by atoms with Crippen molar-refractivity contribution in [3.05, 3.63) is 27.2 Å². The summed E-state index contributed by atoms with van der Waals surface area (Å²) in [5.41, 5.74) is 5.55. The van der Waals surface area contributed by atoms with Gasteiger partial charge < -0.3 is 0 Å². The maximum absolute atomic E-state index is 5.79. The Bertz CT molecular complexity index is 423. The van der Waals surface area contributed by atoms with Gasteiger partial charge in [0.2, 0.25) is 0 Å². The summed E-state index contributed by atoms with van der Waals surface area (Å²) in [6.07, 6.45) is 10.0. The number of rotatable bonds is 3. The SMILES string of the molecule is Cc1nc(C)c(C(NN)C2=CCCCCCC2)s1. The lowest BCUT2D eigenvalue weighted by Crippen LogP contribution is -2.29. The Morgan fingerprint density at radius 3 is 2.72 bits per heavy atom. The lowest BCUT2D eigenvalue weighted by atomic mass is 9.94. The Morgan fingerprint density at radius 1 is 1.28 bits per heavy atom. The van der Waals surface area contributed by atoms with Crippen LogP contribution in [0.3, 0.4) is 0 Å². The van der Waals surface area contributed by atoms with Gasteiger partial charge in [0, 0.05) is 0 Å². The average molecular weight is 265 g/mol. The van der Waals surface area contributed by atoms with Crippen LogP contribution in [-0.2, 0) is 0 Å². The molecule has 1 unspecified atom stereocenters. The molecule has 3 nitrogen and oxygen atoms in total. The molecule has 3 N–H and O–H groups in total. The zero-order valence-corrected chi connectivity index (χ0v) is 12.1. The minimum Gasteiger partial charge on any atom is -0.271 e. The molecule has 1 atom stereocenters. The second-order valence-corrected chi connectivity index (χ2v) is 6.25. The molecule has 4 heteroatoms. The van der Waals surface area contributed by atoms with E-state index in [1.807, 2.05) is 0 Å². The van der Waals surface area contributed by atoms with Gasteiger partial charge in [-0.05, 0) is 39.5 Å². The number of thiazole rings is 1. The zero-order chi connectivity index (χ0) is 13.0. The maximum atomic E-state index is 5.79. The van der Waals surface area contributed by atoms with Crippen molar-refractivity contribution >= 4 is 11.3 Å². The molecule has 1 aliphatic rings. The number of hydrogen-bond donors (Lipinski definition) is 2. The van der Waals surface area contributed by atoms with Crippen LogP contribution >= 0.6 is 11.3 Å². The van der Waals surface area contributed by atoms with E-state index in [2.05, 4.69) is 30.3 Å². The molecule has 0 aliphatic heterocycles. The third kappa shape index (κ3) is 3.19. The molecular formula is C14H23N3S. The lowest BCUT2D eigenvalue weighted by molar-refractivity contribution is 0.558. The van der Waals surface area contributed by atoms with Gasteiger partial charge in [0.05, 0.1) is 21.6 Å². The number of nitrogens with one attached hydrogen (secondary N) is 1. The van der Waals surface area contributed by atoms with E-state index in [4.69, 9.17) is 5.84 Å². The fraction of sp³-hybridized carbons (Fsp3) is 0.643. The van der Waals surface area contributed by atoms with Gasteiger partial charge in [0.1, 0.15) is 0 Å². The minimum atomic E-state index is 0.161. The van der Waals surface area contributed by atoms with Gasteiger partial charge in [0.15, 0.2) is 0 Å². The largest absolute Gasteiger partial charge is 0.271 e. The molecule has 1 aromatic heterocycles. The fourth-order valence-electron chi connectivity index (χ4n) is 2.64. The number of aryl methyl sites for hydroxylation is 2. The second kappa shape index (κ2) is 6.45. The third-order valence-corrected chi connectivity index (χ3v) is 4.70. The molecule has 100 valence electrons. The quantitative estimate of drug-likeness (QED) is 0.499. The van der Waals surface area contributed by atoms with Crippen LogP contribution in [0.15, 0.2) is 11.6 Å². The molecular weight excluding hydrogens is 242 g/mol. The number of hydrogen-bond acceptors (Lipinski definition) is 4. The summed E-state index contributed by atoms with van der Waals surface area (Å²) in [5.74, 6) is 5.79. The van der Waals surface area contributed by atoms with Crippen molar-refractivity contribution in [3.63, 3.8) is 0 Å². The predicted octanol–water partition coefficient (Wildman–Crippen LogP) is 3.54. The van der Waals surface area contributed by atoms with E-state index in [0.717, 1.165) is 17.1 Å². The first-order chi connectivity index (χ1) is 8.72. The van der Waals surface area contributed by atoms with Gasteiger partial charge >= 0.3 is 0 Å². The molecule has 1 heterocycles. The van der Waals surface area contributed by atoms with Crippen LogP contribution < -0.4 is 11.3 Å². The van der Waals surface area contributed by atoms with Crippen LogP contribution in [-0.4, -0.2) is 4.98 Å². The zero-order valence-electron chi connectivity index (χ0n) is 11.3. The average Bonchev–Trinajstić information content (AvgIpc) is 2.62. The highest BCUT2D eigenvalue weighted by atomic mass is 32.1. The molecule has 0 saturated heterocycles. The molecule has 0 bridgehead atoms. The predicted molar refractivity (Wildman–Crippen MR) is 77.4 cm³/mol. The normalized spacial score (nSPS) is 18.9. The molecule has 0 saturated carbocycles. The first kappa shape index (κ1) is 13.7. The molecule has 0 amide bonds. The number of nitrogens with two attached hydrogens (primary N) is 1. The number of allylic oxidation sites excluding steroid dienone is 1. The molecule has 2 rings (SSSR count). The second-order valence-electron chi connectivity index (χ2n) is 5.01. The van der Waals surface area contributed by atoms with Crippen molar-refractivity contribution in [1.29, 1.82) is 0 Å². The van der Waals surface area contributed by atoms with Crippen LogP contribution in [0.25, 0.3) is 0 Å². The van der Waals surface area contributed by atoms with E-state index in [1.165, 1.54) is 42.6 Å². The highest BCUT2D eigenvalue weighted by Crippen LogP contribution is 2.33. The fourth-order valence-corrected chi connectivity index (χ4v) is 3.68. The van der Waals surface area contributed by atoms with E-state index in [1.54, 1.807) is 11.3 Å². The number of hydrazine groups is 1. The Morgan fingerprint density at radius 2 is 2.06 bits per heavy atom. The summed E-state index contributed by atoms with van der Waals surface area (Å²) in [6, 6.07) is 0.161. The van der Waals surface area contributed by atoms with Gasteiger partial charge in [-0.2, -0.15) is 0 Å². The number of aromatic nitrogens is 1.